The lowest BCUT2D eigenvalue weighted by Gasteiger charge is -2.30. The van der Waals surface area contributed by atoms with Gasteiger partial charge in [0.1, 0.15) is 0 Å². The molecule has 2 aliphatic rings. The maximum atomic E-state index is 11.3. The Kier molecular flexibility index (Phi) is 3.89. The van der Waals surface area contributed by atoms with Crippen molar-refractivity contribution in [1.29, 1.82) is 0 Å². The van der Waals surface area contributed by atoms with Gasteiger partial charge in [-0.2, -0.15) is 0 Å². The van der Waals surface area contributed by atoms with E-state index in [0.717, 1.165) is 24.8 Å². The average molecular weight is 269 g/mol. The number of nitrogens with one attached hydrogen (secondary N) is 3. The zero-order valence-corrected chi connectivity index (χ0v) is 11.4. The van der Waals surface area contributed by atoms with Gasteiger partial charge in [0.05, 0.1) is 18.6 Å². The number of hydrogen-bond donors (Lipinski definition) is 3. The molecule has 4 heteroatoms. The predicted octanol–water partition coefficient (Wildman–Crippen LogP) is 1.23. The molecular formula is C16H19N3O. The van der Waals surface area contributed by atoms with E-state index in [1.54, 1.807) is 0 Å². The van der Waals surface area contributed by atoms with Crippen LogP contribution in [0, 0.1) is 11.8 Å². The lowest BCUT2D eigenvalue weighted by molar-refractivity contribution is 0.247. The summed E-state index contributed by atoms with van der Waals surface area (Å²) in [7, 11) is 0. The Balaban J connectivity index is 1.46. The minimum Gasteiger partial charge on any atom is -0.333 e. The first kappa shape index (κ1) is 13.0. The molecule has 20 heavy (non-hydrogen) atoms. The molecule has 104 valence electrons. The Hall–Kier alpha value is -1.99. The van der Waals surface area contributed by atoms with Gasteiger partial charge in [0.25, 0.3) is 0 Å². The molecule has 0 aromatic heterocycles. The molecule has 2 amide bonds. The van der Waals surface area contributed by atoms with Gasteiger partial charge in [-0.25, -0.2) is 4.79 Å². The number of amides is 2. The Morgan fingerprint density at radius 1 is 1.15 bits per heavy atom. The van der Waals surface area contributed by atoms with Crippen LogP contribution in [0.25, 0.3) is 0 Å². The number of benzene rings is 1. The van der Waals surface area contributed by atoms with Gasteiger partial charge in [-0.3, -0.25) is 0 Å². The third kappa shape index (κ3) is 3.12. The van der Waals surface area contributed by atoms with Crippen LogP contribution in [-0.4, -0.2) is 30.7 Å². The molecule has 1 saturated heterocycles. The molecule has 4 nitrogen and oxygen atoms in total. The largest absolute Gasteiger partial charge is 0.333 e. The zero-order chi connectivity index (χ0) is 13.8. The van der Waals surface area contributed by atoms with Crippen LogP contribution in [-0.2, 0) is 0 Å². The summed E-state index contributed by atoms with van der Waals surface area (Å²) in [6.07, 6.45) is 3.11. The van der Waals surface area contributed by atoms with Crippen molar-refractivity contribution in [2.75, 3.05) is 6.54 Å². The van der Waals surface area contributed by atoms with Crippen molar-refractivity contribution >= 4 is 6.03 Å². The molecule has 1 heterocycles. The fourth-order valence-corrected chi connectivity index (χ4v) is 2.93. The van der Waals surface area contributed by atoms with E-state index in [-0.39, 0.29) is 12.1 Å². The molecule has 3 N–H and O–H groups in total. The zero-order valence-electron chi connectivity index (χ0n) is 11.4. The van der Waals surface area contributed by atoms with E-state index < -0.39 is 0 Å². The number of carbonyl (C=O) groups is 1. The standard InChI is InChI=1S/C16H19N3O/c20-16-18-14-9-8-13(11-15(14)19-16)17-10-4-7-12-5-2-1-3-6-12/h1-3,5-6,13-15,17H,8-11H2,(H2,18,19,20). The predicted molar refractivity (Wildman–Crippen MR) is 78.2 cm³/mol. The molecule has 1 aromatic rings. The molecule has 0 radical (unpaired) electrons. The van der Waals surface area contributed by atoms with E-state index in [9.17, 15) is 4.79 Å². The quantitative estimate of drug-likeness (QED) is 0.707. The Labute approximate surface area is 119 Å². The highest BCUT2D eigenvalue weighted by Crippen LogP contribution is 2.22. The van der Waals surface area contributed by atoms with Crippen molar-refractivity contribution in [3.63, 3.8) is 0 Å². The van der Waals surface area contributed by atoms with Gasteiger partial charge in [0.15, 0.2) is 0 Å². The second kappa shape index (κ2) is 5.98. The van der Waals surface area contributed by atoms with Crippen molar-refractivity contribution in [2.45, 2.75) is 37.4 Å². The molecule has 1 saturated carbocycles. The van der Waals surface area contributed by atoms with E-state index in [1.807, 2.05) is 30.3 Å². The monoisotopic (exact) mass is 269 g/mol. The van der Waals surface area contributed by atoms with Crippen molar-refractivity contribution in [3.05, 3.63) is 35.9 Å². The topological polar surface area (TPSA) is 53.2 Å². The van der Waals surface area contributed by atoms with Crippen molar-refractivity contribution in [1.82, 2.24) is 16.0 Å². The molecule has 2 fully saturated rings. The SMILES string of the molecule is O=C1NC2CCC(NCC#Cc3ccccc3)CC2N1. The van der Waals surface area contributed by atoms with Gasteiger partial charge in [0.2, 0.25) is 0 Å². The first-order chi connectivity index (χ1) is 9.81. The summed E-state index contributed by atoms with van der Waals surface area (Å²) in [5.74, 6) is 6.30. The summed E-state index contributed by atoms with van der Waals surface area (Å²) in [6, 6.07) is 11.0. The summed E-state index contributed by atoms with van der Waals surface area (Å²) in [4.78, 5) is 11.3. The highest BCUT2D eigenvalue weighted by Gasteiger charge is 2.36. The smallest absolute Gasteiger partial charge is 0.315 e. The van der Waals surface area contributed by atoms with Gasteiger partial charge in [-0.05, 0) is 31.4 Å². The molecule has 0 spiro atoms. The Morgan fingerprint density at radius 3 is 2.80 bits per heavy atom. The molecular weight excluding hydrogens is 250 g/mol. The van der Waals surface area contributed by atoms with Gasteiger partial charge in [-0.1, -0.05) is 30.0 Å². The minimum atomic E-state index is -0.0236. The van der Waals surface area contributed by atoms with Gasteiger partial charge >= 0.3 is 6.03 Å². The highest BCUT2D eigenvalue weighted by atomic mass is 16.2. The molecule has 0 bridgehead atoms. The van der Waals surface area contributed by atoms with Crippen LogP contribution in [0.4, 0.5) is 4.79 Å². The molecule has 1 aromatic carbocycles. The van der Waals surface area contributed by atoms with Crippen molar-refractivity contribution in [2.24, 2.45) is 0 Å². The highest BCUT2D eigenvalue weighted by molar-refractivity contribution is 5.77. The van der Waals surface area contributed by atoms with Gasteiger partial charge in [0, 0.05) is 11.6 Å². The third-order valence-corrected chi connectivity index (χ3v) is 3.97. The van der Waals surface area contributed by atoms with Gasteiger partial charge < -0.3 is 16.0 Å². The maximum absolute atomic E-state index is 11.3. The van der Waals surface area contributed by atoms with E-state index in [2.05, 4.69) is 27.8 Å². The first-order valence-corrected chi connectivity index (χ1v) is 7.15. The summed E-state index contributed by atoms with van der Waals surface area (Å²) < 4.78 is 0. The summed E-state index contributed by atoms with van der Waals surface area (Å²) in [5, 5.41) is 9.40. The normalized spacial score (nSPS) is 27.8. The fraction of sp³-hybridized carbons (Fsp3) is 0.438. The van der Waals surface area contributed by atoms with E-state index in [4.69, 9.17) is 0 Å². The number of urea groups is 1. The minimum absolute atomic E-state index is 0.0236. The van der Waals surface area contributed by atoms with Crippen LogP contribution >= 0.6 is 0 Å². The number of hydrogen-bond acceptors (Lipinski definition) is 2. The van der Waals surface area contributed by atoms with Gasteiger partial charge in [-0.15, -0.1) is 0 Å². The first-order valence-electron chi connectivity index (χ1n) is 7.15. The van der Waals surface area contributed by atoms with Crippen LogP contribution in [0.3, 0.4) is 0 Å². The van der Waals surface area contributed by atoms with Crippen LogP contribution in [0.2, 0.25) is 0 Å². The summed E-state index contributed by atoms with van der Waals surface area (Å²) in [5.41, 5.74) is 1.05. The molecule has 3 atom stereocenters. The average Bonchev–Trinajstić information content (AvgIpc) is 2.84. The Bertz CT molecular complexity index is 532. The number of carbonyl (C=O) groups excluding carboxylic acids is 1. The third-order valence-electron chi connectivity index (χ3n) is 3.97. The van der Waals surface area contributed by atoms with E-state index in [1.165, 1.54) is 0 Å². The second-order valence-corrected chi connectivity index (χ2v) is 5.39. The van der Waals surface area contributed by atoms with Crippen molar-refractivity contribution in [3.8, 4) is 11.8 Å². The summed E-state index contributed by atoms with van der Waals surface area (Å²) in [6.45, 7) is 0.693. The molecule has 3 unspecified atom stereocenters. The molecule has 1 aliphatic carbocycles. The lowest BCUT2D eigenvalue weighted by Crippen LogP contribution is -2.46. The van der Waals surface area contributed by atoms with Crippen LogP contribution in [0.15, 0.2) is 30.3 Å². The lowest BCUT2D eigenvalue weighted by atomic mass is 9.88. The number of fused-ring (bicyclic) bond motifs is 1. The van der Waals surface area contributed by atoms with E-state index >= 15 is 0 Å². The van der Waals surface area contributed by atoms with E-state index in [0.29, 0.717) is 18.6 Å². The van der Waals surface area contributed by atoms with Crippen molar-refractivity contribution < 1.29 is 4.79 Å². The van der Waals surface area contributed by atoms with Crippen LogP contribution in [0.1, 0.15) is 24.8 Å². The van der Waals surface area contributed by atoms with Crippen LogP contribution < -0.4 is 16.0 Å². The van der Waals surface area contributed by atoms with Crippen LogP contribution in [0.5, 0.6) is 0 Å². The second-order valence-electron chi connectivity index (χ2n) is 5.39. The Morgan fingerprint density at radius 2 is 1.95 bits per heavy atom. The fourth-order valence-electron chi connectivity index (χ4n) is 2.93. The summed E-state index contributed by atoms with van der Waals surface area (Å²) >= 11 is 0. The number of rotatable bonds is 2. The molecule has 3 rings (SSSR count). The molecule has 1 aliphatic heterocycles. The maximum Gasteiger partial charge on any atom is 0.315 e.